The number of hydrogen-bond donors (Lipinski definition) is 0. The van der Waals surface area contributed by atoms with Crippen molar-refractivity contribution in [3.63, 3.8) is 0 Å². The van der Waals surface area contributed by atoms with Crippen molar-refractivity contribution in [1.82, 2.24) is 28.5 Å². The van der Waals surface area contributed by atoms with Crippen LogP contribution in [0.15, 0.2) is 35.5 Å². The van der Waals surface area contributed by atoms with E-state index < -0.39 is 10.0 Å². The number of benzene rings is 1. The van der Waals surface area contributed by atoms with Crippen molar-refractivity contribution in [3.05, 3.63) is 42.0 Å². The highest BCUT2D eigenvalue weighted by molar-refractivity contribution is 7.89. The molecule has 172 valence electrons. The molecule has 1 amide bonds. The zero-order valence-corrected chi connectivity index (χ0v) is 19.7. The molecule has 1 fully saturated rings. The largest absolute Gasteiger partial charge is 0.341 e. The number of rotatable bonds is 7. The number of piperidine rings is 1. The molecular weight excluding hydrogens is 428 g/mol. The molecule has 0 atom stereocenters. The fourth-order valence-electron chi connectivity index (χ4n) is 4.19. The lowest BCUT2D eigenvalue weighted by molar-refractivity contribution is -0.130. The van der Waals surface area contributed by atoms with E-state index in [-0.39, 0.29) is 10.8 Å². The number of nitrogens with zero attached hydrogens (tertiary/aromatic N) is 6. The van der Waals surface area contributed by atoms with Gasteiger partial charge < -0.3 is 9.47 Å². The van der Waals surface area contributed by atoms with E-state index >= 15 is 0 Å². The summed E-state index contributed by atoms with van der Waals surface area (Å²) in [5.41, 5.74) is 2.47. The van der Waals surface area contributed by atoms with E-state index in [4.69, 9.17) is 0 Å². The molecule has 3 aromatic rings. The minimum absolute atomic E-state index is 0.0225. The molecule has 2 aromatic heterocycles. The summed E-state index contributed by atoms with van der Waals surface area (Å²) in [5.74, 6) is 0.782. The lowest BCUT2D eigenvalue weighted by Crippen LogP contribution is -2.35. The lowest BCUT2D eigenvalue weighted by Gasteiger charge is -2.25. The molecule has 9 nitrogen and oxygen atoms in total. The first-order valence-corrected chi connectivity index (χ1v) is 12.4. The minimum atomic E-state index is -3.51. The van der Waals surface area contributed by atoms with Crippen molar-refractivity contribution in [3.8, 4) is 0 Å². The Balaban J connectivity index is 1.46. The maximum Gasteiger partial charge on any atom is 0.243 e. The number of imidazole rings is 1. The third-order valence-corrected chi connectivity index (χ3v) is 7.96. The van der Waals surface area contributed by atoms with E-state index in [0.29, 0.717) is 38.0 Å². The summed E-state index contributed by atoms with van der Waals surface area (Å²) in [7, 11) is 2.02. The Labute approximate surface area is 188 Å². The predicted molar refractivity (Wildman–Crippen MR) is 121 cm³/mol. The highest BCUT2D eigenvalue weighted by atomic mass is 32.2. The van der Waals surface area contributed by atoms with E-state index in [1.807, 2.05) is 24.9 Å². The van der Waals surface area contributed by atoms with E-state index in [1.54, 1.807) is 45.3 Å². The van der Waals surface area contributed by atoms with Gasteiger partial charge in [0.25, 0.3) is 0 Å². The molecule has 0 N–H and O–H groups in total. The zero-order valence-electron chi connectivity index (χ0n) is 18.9. The van der Waals surface area contributed by atoms with Gasteiger partial charge in [-0.05, 0) is 31.0 Å². The number of carbonyl (C=O) groups is 1. The number of aryl methyl sites for hydroxylation is 3. The Kier molecular flexibility index (Phi) is 6.34. The summed E-state index contributed by atoms with van der Waals surface area (Å²) in [6, 6.07) is 5.11. The van der Waals surface area contributed by atoms with Gasteiger partial charge in [-0.1, -0.05) is 6.42 Å². The van der Waals surface area contributed by atoms with Crippen molar-refractivity contribution >= 4 is 27.0 Å². The number of fused-ring (bicyclic) bond motifs is 1. The van der Waals surface area contributed by atoms with Crippen LogP contribution in [-0.2, 0) is 41.9 Å². The van der Waals surface area contributed by atoms with Crippen LogP contribution >= 0.6 is 0 Å². The van der Waals surface area contributed by atoms with Crippen molar-refractivity contribution in [2.24, 2.45) is 14.1 Å². The average Bonchev–Trinajstić information content (AvgIpc) is 3.34. The maximum atomic E-state index is 13.0. The van der Waals surface area contributed by atoms with Crippen LogP contribution in [0.2, 0.25) is 0 Å². The minimum Gasteiger partial charge on any atom is -0.341 e. The van der Waals surface area contributed by atoms with Crippen LogP contribution in [0.3, 0.4) is 0 Å². The van der Waals surface area contributed by atoms with Crippen molar-refractivity contribution < 1.29 is 13.2 Å². The smallest absolute Gasteiger partial charge is 0.243 e. The Hall–Kier alpha value is -2.72. The third-order valence-electron chi connectivity index (χ3n) is 6.06. The molecule has 0 aliphatic carbocycles. The van der Waals surface area contributed by atoms with Gasteiger partial charge >= 0.3 is 0 Å². The quantitative estimate of drug-likeness (QED) is 0.540. The van der Waals surface area contributed by atoms with Crippen LogP contribution in [0.1, 0.15) is 37.1 Å². The lowest BCUT2D eigenvalue weighted by atomic mass is 10.2. The van der Waals surface area contributed by atoms with Gasteiger partial charge in [0.05, 0.1) is 22.1 Å². The normalized spacial score (nSPS) is 15.3. The van der Waals surface area contributed by atoms with Gasteiger partial charge in [0.1, 0.15) is 5.82 Å². The van der Waals surface area contributed by atoms with Crippen LogP contribution in [0, 0.1) is 0 Å². The highest BCUT2D eigenvalue weighted by Crippen LogP contribution is 2.25. The van der Waals surface area contributed by atoms with E-state index in [1.165, 1.54) is 0 Å². The standard InChI is InChI=1S/C22H30N6O3S/c1-25(15-17-14-23-26(2)16-17)22(29)10-9-21-24-19-13-18(7-8-20(19)27(21)3)32(30,31)28-11-5-4-6-12-28/h7-8,13-14,16H,4-6,9-12,15H2,1-3H3. The molecule has 1 aliphatic rings. The molecule has 3 heterocycles. The molecule has 1 saturated heterocycles. The van der Waals surface area contributed by atoms with Gasteiger partial charge in [0, 0.05) is 65.4 Å². The Morgan fingerprint density at radius 3 is 2.59 bits per heavy atom. The molecule has 1 aromatic carbocycles. The number of sulfonamides is 1. The van der Waals surface area contributed by atoms with Gasteiger partial charge in [0.15, 0.2) is 0 Å². The molecule has 0 spiro atoms. The summed E-state index contributed by atoms with van der Waals surface area (Å²) < 4.78 is 31.2. The van der Waals surface area contributed by atoms with Crippen LogP contribution < -0.4 is 0 Å². The fraction of sp³-hybridized carbons (Fsp3) is 0.500. The van der Waals surface area contributed by atoms with Gasteiger partial charge in [0.2, 0.25) is 15.9 Å². The second-order valence-corrected chi connectivity index (χ2v) is 10.4. The predicted octanol–water partition coefficient (Wildman–Crippen LogP) is 2.07. The first-order valence-electron chi connectivity index (χ1n) is 10.9. The molecule has 0 bridgehead atoms. The van der Waals surface area contributed by atoms with Crippen LogP contribution in [0.5, 0.6) is 0 Å². The number of aromatic nitrogens is 4. The van der Waals surface area contributed by atoms with Gasteiger partial charge in [-0.2, -0.15) is 9.40 Å². The molecule has 0 radical (unpaired) electrons. The SMILES string of the molecule is CN(Cc1cnn(C)c1)C(=O)CCc1nc2cc(S(=O)(=O)N3CCCCC3)ccc2n1C. The summed E-state index contributed by atoms with van der Waals surface area (Å²) in [6.45, 7) is 1.65. The van der Waals surface area contributed by atoms with Gasteiger partial charge in [-0.15, -0.1) is 0 Å². The van der Waals surface area contributed by atoms with Gasteiger partial charge in [-0.3, -0.25) is 9.48 Å². The second-order valence-electron chi connectivity index (χ2n) is 8.47. The Morgan fingerprint density at radius 1 is 1.16 bits per heavy atom. The first-order chi connectivity index (χ1) is 15.3. The zero-order chi connectivity index (χ0) is 22.9. The Morgan fingerprint density at radius 2 is 1.91 bits per heavy atom. The molecule has 0 saturated carbocycles. The van der Waals surface area contributed by atoms with E-state index in [0.717, 1.165) is 36.2 Å². The van der Waals surface area contributed by atoms with E-state index in [2.05, 4.69) is 10.1 Å². The first kappa shape index (κ1) is 22.5. The molecule has 32 heavy (non-hydrogen) atoms. The summed E-state index contributed by atoms with van der Waals surface area (Å²) >= 11 is 0. The number of amides is 1. The molecule has 1 aliphatic heterocycles. The summed E-state index contributed by atoms with van der Waals surface area (Å²) in [4.78, 5) is 19.2. The van der Waals surface area contributed by atoms with Crippen molar-refractivity contribution in [2.45, 2.75) is 43.5 Å². The van der Waals surface area contributed by atoms with Crippen molar-refractivity contribution in [2.75, 3.05) is 20.1 Å². The summed E-state index contributed by atoms with van der Waals surface area (Å²) in [6.07, 6.45) is 7.33. The number of hydrogen-bond acceptors (Lipinski definition) is 5. The maximum absolute atomic E-state index is 13.0. The molecule has 4 rings (SSSR count). The second kappa shape index (κ2) is 9.03. The van der Waals surface area contributed by atoms with Crippen LogP contribution in [0.25, 0.3) is 11.0 Å². The monoisotopic (exact) mass is 458 g/mol. The third kappa shape index (κ3) is 4.56. The van der Waals surface area contributed by atoms with Crippen LogP contribution in [0.4, 0.5) is 0 Å². The fourth-order valence-corrected chi connectivity index (χ4v) is 5.73. The molecule has 0 unspecified atom stereocenters. The van der Waals surface area contributed by atoms with Gasteiger partial charge in [-0.25, -0.2) is 13.4 Å². The Bertz CT molecular complexity index is 1220. The highest BCUT2D eigenvalue weighted by Gasteiger charge is 2.26. The molecule has 10 heteroatoms. The van der Waals surface area contributed by atoms with Crippen LogP contribution in [-0.4, -0.2) is 63.0 Å². The molecular formula is C22H30N6O3S. The van der Waals surface area contributed by atoms with E-state index in [9.17, 15) is 13.2 Å². The topological polar surface area (TPSA) is 93.3 Å². The summed E-state index contributed by atoms with van der Waals surface area (Å²) in [5, 5.41) is 4.13. The van der Waals surface area contributed by atoms with Crippen molar-refractivity contribution in [1.29, 1.82) is 0 Å². The number of carbonyl (C=O) groups excluding carboxylic acids is 1. The average molecular weight is 459 g/mol.